The zero-order valence-corrected chi connectivity index (χ0v) is 11.5. The Bertz CT molecular complexity index is 718. The molecular weight excluding hydrogens is 256 g/mol. The molecule has 3 aromatic rings. The van der Waals surface area contributed by atoms with Gasteiger partial charge in [0.15, 0.2) is 0 Å². The minimum Gasteiger partial charge on any atom is -0.337 e. The molecule has 0 aromatic carbocycles. The first-order valence-corrected chi connectivity index (χ1v) is 6.29. The van der Waals surface area contributed by atoms with Crippen LogP contribution in [0.25, 0.3) is 11.5 Å². The van der Waals surface area contributed by atoms with Crippen LogP contribution in [0.4, 0.5) is 0 Å². The second-order valence-corrected chi connectivity index (χ2v) is 4.61. The van der Waals surface area contributed by atoms with Crippen molar-refractivity contribution in [2.24, 2.45) is 0 Å². The number of hydrogen-bond acceptors (Lipinski definition) is 6. The molecular formula is C13H14N6O. The molecule has 0 radical (unpaired) electrons. The Morgan fingerprint density at radius 2 is 2.15 bits per heavy atom. The van der Waals surface area contributed by atoms with Gasteiger partial charge in [-0.25, -0.2) is 0 Å². The van der Waals surface area contributed by atoms with Crippen molar-refractivity contribution in [3.63, 3.8) is 0 Å². The van der Waals surface area contributed by atoms with Crippen LogP contribution >= 0.6 is 0 Å². The smallest absolute Gasteiger partial charge is 0.251 e. The van der Waals surface area contributed by atoms with Crippen molar-refractivity contribution in [2.45, 2.75) is 26.8 Å². The number of rotatable bonds is 3. The maximum atomic E-state index is 5.31. The van der Waals surface area contributed by atoms with Crippen LogP contribution in [0.3, 0.4) is 0 Å². The minimum absolute atomic E-state index is 0.123. The molecule has 0 saturated heterocycles. The Balaban J connectivity index is 1.92. The number of aromatic nitrogens is 6. The Hall–Kier alpha value is -2.57. The molecule has 0 aliphatic heterocycles. The summed E-state index contributed by atoms with van der Waals surface area (Å²) in [6.45, 7) is 5.92. The van der Waals surface area contributed by atoms with E-state index < -0.39 is 0 Å². The Kier molecular flexibility index (Phi) is 3.02. The molecule has 0 aliphatic rings. The average Bonchev–Trinajstić information content (AvgIpc) is 3.06. The first-order valence-electron chi connectivity index (χ1n) is 6.29. The molecule has 3 aromatic heterocycles. The summed E-state index contributed by atoms with van der Waals surface area (Å²) in [4.78, 5) is 4.37. The average molecular weight is 270 g/mol. The fourth-order valence-electron chi connectivity index (χ4n) is 2.07. The molecule has 3 heterocycles. The van der Waals surface area contributed by atoms with Crippen LogP contribution in [-0.4, -0.2) is 30.1 Å². The second-order valence-electron chi connectivity index (χ2n) is 4.61. The normalized spacial score (nSPS) is 12.6. The maximum absolute atomic E-state index is 5.31. The molecule has 7 nitrogen and oxygen atoms in total. The summed E-state index contributed by atoms with van der Waals surface area (Å²) < 4.78 is 7.17. The quantitative estimate of drug-likeness (QED) is 0.723. The molecule has 0 aliphatic carbocycles. The summed E-state index contributed by atoms with van der Waals surface area (Å²) in [5.74, 6) is 0.929. The van der Waals surface area contributed by atoms with Crippen molar-refractivity contribution in [2.75, 3.05) is 0 Å². The molecule has 7 heteroatoms. The van der Waals surface area contributed by atoms with Crippen molar-refractivity contribution >= 4 is 0 Å². The van der Waals surface area contributed by atoms with Gasteiger partial charge in [-0.3, -0.25) is 4.68 Å². The van der Waals surface area contributed by atoms with Crippen LogP contribution in [0.1, 0.15) is 30.2 Å². The lowest BCUT2D eigenvalue weighted by Crippen LogP contribution is -2.10. The number of hydrogen-bond donors (Lipinski definition) is 0. The van der Waals surface area contributed by atoms with Gasteiger partial charge in [0.05, 0.1) is 5.69 Å². The summed E-state index contributed by atoms with van der Waals surface area (Å²) in [6.07, 6.45) is 1.60. The summed E-state index contributed by atoms with van der Waals surface area (Å²) in [5, 5.41) is 16.1. The summed E-state index contributed by atoms with van der Waals surface area (Å²) in [6, 6.07) is 5.45. The zero-order chi connectivity index (χ0) is 14.1. The number of nitrogens with zero attached hydrogens (tertiary/aromatic N) is 6. The molecule has 3 rings (SSSR count). The van der Waals surface area contributed by atoms with Crippen LogP contribution in [0.15, 0.2) is 28.9 Å². The second kappa shape index (κ2) is 4.84. The van der Waals surface area contributed by atoms with Gasteiger partial charge >= 0.3 is 0 Å². The van der Waals surface area contributed by atoms with E-state index in [0.29, 0.717) is 17.4 Å². The molecule has 102 valence electrons. The molecule has 0 saturated carbocycles. The largest absolute Gasteiger partial charge is 0.337 e. The monoisotopic (exact) mass is 270 g/mol. The van der Waals surface area contributed by atoms with Crippen molar-refractivity contribution < 1.29 is 4.52 Å². The first-order chi connectivity index (χ1) is 9.65. The lowest BCUT2D eigenvalue weighted by molar-refractivity contribution is 0.334. The van der Waals surface area contributed by atoms with E-state index in [9.17, 15) is 0 Å². The van der Waals surface area contributed by atoms with E-state index in [-0.39, 0.29) is 6.04 Å². The fraction of sp³-hybridized carbons (Fsp3) is 0.308. The van der Waals surface area contributed by atoms with E-state index in [2.05, 4.69) is 25.4 Å². The van der Waals surface area contributed by atoms with Gasteiger partial charge in [-0.05, 0) is 39.0 Å². The Labute approximate surface area is 115 Å². The molecule has 0 fully saturated rings. The van der Waals surface area contributed by atoms with Crippen LogP contribution in [0.2, 0.25) is 0 Å². The molecule has 0 N–H and O–H groups in total. The van der Waals surface area contributed by atoms with E-state index in [4.69, 9.17) is 4.52 Å². The van der Waals surface area contributed by atoms with Crippen molar-refractivity contribution in [3.05, 3.63) is 41.7 Å². The van der Waals surface area contributed by atoms with Gasteiger partial charge in [-0.2, -0.15) is 15.2 Å². The third-order valence-corrected chi connectivity index (χ3v) is 3.01. The van der Waals surface area contributed by atoms with Crippen molar-refractivity contribution in [1.82, 2.24) is 30.1 Å². The minimum atomic E-state index is -0.123. The Morgan fingerprint density at radius 1 is 1.30 bits per heavy atom. The third-order valence-electron chi connectivity index (χ3n) is 3.01. The highest BCUT2D eigenvalue weighted by Crippen LogP contribution is 2.20. The van der Waals surface area contributed by atoms with Crippen molar-refractivity contribution in [3.8, 4) is 11.5 Å². The van der Waals surface area contributed by atoms with E-state index in [0.717, 1.165) is 11.4 Å². The fourth-order valence-corrected chi connectivity index (χ4v) is 2.07. The predicted octanol–water partition coefficient (Wildman–Crippen LogP) is 1.95. The molecule has 20 heavy (non-hydrogen) atoms. The van der Waals surface area contributed by atoms with Gasteiger partial charge in [-0.15, -0.1) is 5.10 Å². The van der Waals surface area contributed by atoms with Crippen LogP contribution < -0.4 is 0 Å². The highest BCUT2D eigenvalue weighted by Gasteiger charge is 2.19. The SMILES string of the molecule is Cc1cc(C)n(C(C)c2nc(-c3cccnn3)no2)n1. The van der Waals surface area contributed by atoms with Gasteiger partial charge in [-0.1, -0.05) is 5.16 Å². The van der Waals surface area contributed by atoms with Crippen LogP contribution in [0.5, 0.6) is 0 Å². The number of aryl methyl sites for hydroxylation is 2. The van der Waals surface area contributed by atoms with Gasteiger partial charge in [0.25, 0.3) is 5.89 Å². The van der Waals surface area contributed by atoms with Crippen LogP contribution in [0, 0.1) is 13.8 Å². The molecule has 0 spiro atoms. The van der Waals surface area contributed by atoms with E-state index in [1.165, 1.54) is 0 Å². The maximum Gasteiger partial charge on any atom is 0.251 e. The summed E-state index contributed by atoms with van der Waals surface area (Å²) >= 11 is 0. The topological polar surface area (TPSA) is 82.5 Å². The standard InChI is InChI=1S/C13H14N6O/c1-8-7-9(2)19(17-8)10(3)13-15-12(18-20-13)11-5-4-6-14-16-11/h4-7,10H,1-3H3. The van der Waals surface area contributed by atoms with E-state index in [1.54, 1.807) is 18.3 Å². The molecule has 0 bridgehead atoms. The molecule has 0 amide bonds. The summed E-state index contributed by atoms with van der Waals surface area (Å²) in [5.41, 5.74) is 2.60. The van der Waals surface area contributed by atoms with Gasteiger partial charge in [0.1, 0.15) is 11.7 Å². The first kappa shape index (κ1) is 12.5. The molecule has 1 unspecified atom stereocenters. The lowest BCUT2D eigenvalue weighted by atomic mass is 10.3. The van der Waals surface area contributed by atoms with Crippen molar-refractivity contribution in [1.29, 1.82) is 0 Å². The van der Waals surface area contributed by atoms with Gasteiger partial charge < -0.3 is 4.52 Å². The van der Waals surface area contributed by atoms with Crippen LogP contribution in [-0.2, 0) is 0 Å². The predicted molar refractivity (Wildman–Crippen MR) is 70.8 cm³/mol. The lowest BCUT2D eigenvalue weighted by Gasteiger charge is -2.09. The highest BCUT2D eigenvalue weighted by molar-refractivity contribution is 5.46. The zero-order valence-electron chi connectivity index (χ0n) is 11.5. The van der Waals surface area contributed by atoms with Gasteiger partial charge in [0, 0.05) is 11.9 Å². The molecule has 1 atom stereocenters. The van der Waals surface area contributed by atoms with E-state index >= 15 is 0 Å². The van der Waals surface area contributed by atoms with E-state index in [1.807, 2.05) is 31.5 Å². The third kappa shape index (κ3) is 2.18. The summed E-state index contributed by atoms with van der Waals surface area (Å²) in [7, 11) is 0. The highest BCUT2D eigenvalue weighted by atomic mass is 16.5. The van der Waals surface area contributed by atoms with Gasteiger partial charge in [0.2, 0.25) is 5.82 Å². The Morgan fingerprint density at radius 3 is 2.80 bits per heavy atom.